The van der Waals surface area contributed by atoms with Crippen LogP contribution in [0.15, 0.2) is 0 Å². The van der Waals surface area contributed by atoms with E-state index in [1.165, 1.54) is 0 Å². The van der Waals surface area contributed by atoms with Crippen molar-refractivity contribution in [2.24, 2.45) is 5.73 Å². The molecule has 56 valence electrons. The minimum Gasteiger partial charge on any atom is -0.676 e. The maximum Gasteiger partial charge on any atom is 1.00 e. The van der Waals surface area contributed by atoms with Crippen LogP contribution in [0.4, 0.5) is 0 Å². The van der Waals surface area contributed by atoms with Crippen LogP contribution in [0.25, 0.3) is 5.73 Å². The van der Waals surface area contributed by atoms with E-state index in [2.05, 4.69) is 0 Å². The average Bonchev–Trinajstić information content (AvgIpc) is 1.89. The Balaban J connectivity index is -0.0000000910. The Hall–Kier alpha value is 0.390. The van der Waals surface area contributed by atoms with E-state index in [1.807, 2.05) is 0 Å². The van der Waals surface area contributed by atoms with Crippen LogP contribution in [0.3, 0.4) is 0 Å². The molecule has 0 aliphatic heterocycles. The molecular formula is C5H13N2NaO2. The molecule has 4 N–H and O–H groups in total. The molecule has 0 amide bonds. The summed E-state index contributed by atoms with van der Waals surface area (Å²) >= 11 is 0. The van der Waals surface area contributed by atoms with E-state index in [9.17, 15) is 4.79 Å². The second-order valence-electron chi connectivity index (χ2n) is 1.29. The summed E-state index contributed by atoms with van der Waals surface area (Å²) in [5, 5.41) is 7.72. The van der Waals surface area contributed by atoms with Gasteiger partial charge in [0, 0.05) is 6.42 Å². The van der Waals surface area contributed by atoms with E-state index in [1.54, 1.807) is 6.92 Å². The minimum absolute atomic E-state index is 0. The van der Waals surface area contributed by atoms with Crippen molar-refractivity contribution >= 4 is 5.97 Å². The van der Waals surface area contributed by atoms with Gasteiger partial charge in [0.25, 0.3) is 0 Å². The third kappa shape index (κ3) is 39.9. The van der Waals surface area contributed by atoms with Crippen molar-refractivity contribution in [3.8, 4) is 0 Å². The maximum atomic E-state index is 9.37. The van der Waals surface area contributed by atoms with E-state index in [0.29, 0.717) is 13.1 Å². The summed E-state index contributed by atoms with van der Waals surface area (Å²) < 4.78 is 0. The Morgan fingerprint density at radius 2 is 1.90 bits per heavy atom. The molecule has 0 rings (SSSR count). The topological polar surface area (TPSA) is 87.1 Å². The molecule has 0 spiro atoms. The second kappa shape index (κ2) is 16.2. The Morgan fingerprint density at radius 3 is 1.90 bits per heavy atom. The first-order chi connectivity index (χ1) is 4.18. The Labute approximate surface area is 83.3 Å². The largest absolute Gasteiger partial charge is 1.00 e. The van der Waals surface area contributed by atoms with Crippen molar-refractivity contribution in [3.05, 3.63) is 5.73 Å². The molecule has 0 atom stereocenters. The molecule has 0 aromatic carbocycles. The van der Waals surface area contributed by atoms with E-state index in [-0.39, 0.29) is 36.0 Å². The van der Waals surface area contributed by atoms with Crippen LogP contribution in [0.1, 0.15) is 13.3 Å². The van der Waals surface area contributed by atoms with Crippen LogP contribution in [0.5, 0.6) is 0 Å². The number of nitrogens with two attached hydrogens (primary N) is 1. The molecule has 0 saturated heterocycles. The minimum atomic E-state index is -0.745. The molecule has 0 fully saturated rings. The number of nitrogens with one attached hydrogen (secondary N) is 1. The fourth-order valence-corrected chi connectivity index (χ4v) is 0. The number of carboxylic acid groups (broad SMARTS) is 1. The van der Waals surface area contributed by atoms with Crippen LogP contribution in [0.2, 0.25) is 0 Å². The number of carboxylic acids is 1. The first kappa shape index (κ1) is 16.8. The van der Waals surface area contributed by atoms with Crippen molar-refractivity contribution < 1.29 is 39.5 Å². The molecule has 0 bridgehead atoms. The summed E-state index contributed by atoms with van der Waals surface area (Å²) in [4.78, 5) is 9.37. The van der Waals surface area contributed by atoms with Crippen LogP contribution >= 0.6 is 0 Å². The van der Waals surface area contributed by atoms with Crippen LogP contribution in [0, 0.1) is 0 Å². The molecule has 0 aromatic rings. The fourth-order valence-electron chi connectivity index (χ4n) is 0. The number of hydrogen-bond donors (Lipinski definition) is 2. The molecular weight excluding hydrogens is 143 g/mol. The number of hydrogen-bond acceptors (Lipinski definition) is 2. The zero-order valence-corrected chi connectivity index (χ0v) is 8.55. The van der Waals surface area contributed by atoms with Crippen molar-refractivity contribution in [2.75, 3.05) is 13.1 Å². The van der Waals surface area contributed by atoms with Gasteiger partial charge in [-0.3, -0.25) is 4.79 Å². The number of rotatable bonds is 2. The van der Waals surface area contributed by atoms with Gasteiger partial charge in [-0.05, 0) is 6.54 Å². The van der Waals surface area contributed by atoms with Crippen molar-refractivity contribution in [3.63, 3.8) is 0 Å². The third-order valence-electron chi connectivity index (χ3n) is 0.447. The van der Waals surface area contributed by atoms with Gasteiger partial charge in [0.1, 0.15) is 0 Å². The maximum absolute atomic E-state index is 9.37. The molecule has 0 saturated carbocycles. The first-order valence-corrected chi connectivity index (χ1v) is 2.75. The quantitative estimate of drug-likeness (QED) is 0.432. The van der Waals surface area contributed by atoms with E-state index >= 15 is 0 Å². The van der Waals surface area contributed by atoms with Gasteiger partial charge in [0.05, 0.1) is 0 Å². The van der Waals surface area contributed by atoms with Gasteiger partial charge in [-0.15, -0.1) is 6.54 Å². The Kier molecular flexibility index (Phi) is 27.2. The molecule has 0 radical (unpaired) electrons. The van der Waals surface area contributed by atoms with Gasteiger partial charge in [-0.2, -0.15) is 0 Å². The fraction of sp³-hybridized carbons (Fsp3) is 0.800. The molecule has 5 heteroatoms. The summed E-state index contributed by atoms with van der Waals surface area (Å²) in [6.45, 7) is 2.43. The average molecular weight is 156 g/mol. The van der Waals surface area contributed by atoms with Gasteiger partial charge in [0.15, 0.2) is 0 Å². The molecule has 0 aliphatic carbocycles. The molecule has 0 heterocycles. The smallest absolute Gasteiger partial charge is 0.676 e. The van der Waals surface area contributed by atoms with Crippen molar-refractivity contribution in [1.29, 1.82) is 0 Å². The summed E-state index contributed by atoms with van der Waals surface area (Å²) in [5.41, 5.74) is 11.2. The summed E-state index contributed by atoms with van der Waals surface area (Å²) in [5.74, 6) is -0.745. The summed E-state index contributed by atoms with van der Waals surface area (Å²) in [7, 11) is 0. The third-order valence-corrected chi connectivity index (χ3v) is 0.447. The zero-order chi connectivity index (χ0) is 7.70. The van der Waals surface area contributed by atoms with Gasteiger partial charge < -0.3 is 16.6 Å². The Bertz CT molecular complexity index is 68.7. The van der Waals surface area contributed by atoms with Gasteiger partial charge in [0.2, 0.25) is 0 Å². The van der Waals surface area contributed by atoms with Gasteiger partial charge in [-0.1, -0.05) is 6.92 Å². The van der Waals surface area contributed by atoms with Crippen LogP contribution in [-0.2, 0) is 4.79 Å². The van der Waals surface area contributed by atoms with Crippen molar-refractivity contribution in [1.82, 2.24) is 0 Å². The predicted molar refractivity (Wildman–Crippen MR) is 36.2 cm³/mol. The molecule has 0 aromatic heterocycles. The number of aliphatic carboxylic acids is 1. The van der Waals surface area contributed by atoms with E-state index < -0.39 is 5.97 Å². The first-order valence-electron chi connectivity index (χ1n) is 2.75. The van der Waals surface area contributed by atoms with Crippen LogP contribution < -0.4 is 35.3 Å². The Morgan fingerprint density at radius 1 is 1.70 bits per heavy atom. The molecule has 0 aliphatic rings. The van der Waals surface area contributed by atoms with Crippen LogP contribution in [-0.4, -0.2) is 24.2 Å². The summed E-state index contributed by atoms with van der Waals surface area (Å²) in [6.07, 6.45) is 0.222. The monoisotopic (exact) mass is 156 g/mol. The van der Waals surface area contributed by atoms with Gasteiger partial charge in [-0.25, -0.2) is 0 Å². The molecule has 0 unspecified atom stereocenters. The SMILES string of the molecule is CCC(=O)O.[NH-]CCN.[Na+]. The van der Waals surface area contributed by atoms with E-state index in [4.69, 9.17) is 16.6 Å². The van der Waals surface area contributed by atoms with Crippen molar-refractivity contribution in [2.45, 2.75) is 13.3 Å². The number of carbonyl (C=O) groups is 1. The molecule has 10 heavy (non-hydrogen) atoms. The second-order valence-corrected chi connectivity index (χ2v) is 1.29. The predicted octanol–water partition coefficient (Wildman–Crippen LogP) is -2.52. The summed E-state index contributed by atoms with van der Waals surface area (Å²) in [6, 6.07) is 0. The molecule has 4 nitrogen and oxygen atoms in total. The standard InChI is InChI=1S/C3H6O2.C2H7N2.Na/c1-2-3(4)5;3-1-2-4;/h2H2,1H3,(H,4,5);3H,1-2,4H2;/q;-1;+1. The zero-order valence-electron chi connectivity index (χ0n) is 6.55. The normalized spacial score (nSPS) is 6.70. The van der Waals surface area contributed by atoms with Gasteiger partial charge >= 0.3 is 35.5 Å². The van der Waals surface area contributed by atoms with E-state index in [0.717, 1.165) is 0 Å².